The van der Waals surface area contributed by atoms with Gasteiger partial charge in [0.2, 0.25) is 5.91 Å². The molecule has 1 spiro atoms. The van der Waals surface area contributed by atoms with Gasteiger partial charge in [-0.3, -0.25) is 9.69 Å². The van der Waals surface area contributed by atoms with Crippen LogP contribution in [0.1, 0.15) is 39.0 Å². The zero-order valence-electron chi connectivity index (χ0n) is 15.9. The van der Waals surface area contributed by atoms with Crippen molar-refractivity contribution in [2.45, 2.75) is 56.7 Å². The van der Waals surface area contributed by atoms with Crippen LogP contribution in [0.25, 0.3) is 0 Å². The van der Waals surface area contributed by atoms with Gasteiger partial charge in [-0.25, -0.2) is 0 Å². The van der Waals surface area contributed by atoms with Crippen molar-refractivity contribution in [1.82, 2.24) is 25.3 Å². The summed E-state index contributed by atoms with van der Waals surface area (Å²) in [5.74, 6) is 0.281. The van der Waals surface area contributed by atoms with Gasteiger partial charge in [0, 0.05) is 43.7 Å². The molecule has 2 N–H and O–H groups in total. The molecule has 0 aliphatic carbocycles. The summed E-state index contributed by atoms with van der Waals surface area (Å²) in [4.78, 5) is 20.1. The molecule has 0 radical (unpaired) electrons. The van der Waals surface area contributed by atoms with E-state index in [1.165, 1.54) is 0 Å². The van der Waals surface area contributed by atoms with Crippen LogP contribution >= 0.6 is 12.2 Å². The lowest BCUT2D eigenvalue weighted by Gasteiger charge is -2.47. The Kier molecular flexibility index (Phi) is 5.85. The van der Waals surface area contributed by atoms with E-state index in [0.717, 1.165) is 58.4 Å². The maximum atomic E-state index is 13.0. The number of nitrogens with zero attached hydrogens (tertiary/aromatic N) is 3. The van der Waals surface area contributed by atoms with Crippen molar-refractivity contribution < 1.29 is 4.79 Å². The standard InChI is InChI=1S/C18H33N5OS/c1-14-11-15(20-17(25)19-14)12-16(24)23-8-4-7-22(3)18(13-23)5-9-21(2)10-6-18/h14-15H,4-13H2,1-3H3,(H2,19,20,25)/t14-,15+/m1/s1. The molecule has 25 heavy (non-hydrogen) atoms. The van der Waals surface area contributed by atoms with Crippen molar-refractivity contribution >= 4 is 23.2 Å². The van der Waals surface area contributed by atoms with Crippen molar-refractivity contribution in [1.29, 1.82) is 0 Å². The van der Waals surface area contributed by atoms with Crippen LogP contribution in [0.4, 0.5) is 0 Å². The highest BCUT2D eigenvalue weighted by Crippen LogP contribution is 2.31. The minimum absolute atomic E-state index is 0.156. The number of likely N-dealkylation sites (N-methyl/N-ethyl adjacent to an activating group) is 1. The minimum atomic E-state index is 0.156. The van der Waals surface area contributed by atoms with Gasteiger partial charge in [0.25, 0.3) is 0 Å². The third-order valence-corrected chi connectivity index (χ3v) is 6.49. The minimum Gasteiger partial charge on any atom is -0.360 e. The molecule has 3 aliphatic heterocycles. The highest BCUT2D eigenvalue weighted by molar-refractivity contribution is 7.80. The van der Waals surface area contributed by atoms with E-state index in [2.05, 4.69) is 46.4 Å². The molecule has 3 saturated heterocycles. The number of thiocarbonyl (C=S) groups is 1. The highest BCUT2D eigenvalue weighted by atomic mass is 32.1. The number of rotatable bonds is 2. The van der Waals surface area contributed by atoms with E-state index in [9.17, 15) is 4.79 Å². The number of amides is 1. The van der Waals surface area contributed by atoms with E-state index in [4.69, 9.17) is 12.2 Å². The Labute approximate surface area is 157 Å². The highest BCUT2D eigenvalue weighted by Gasteiger charge is 2.41. The molecule has 7 heteroatoms. The van der Waals surface area contributed by atoms with Crippen molar-refractivity contribution in [3.63, 3.8) is 0 Å². The van der Waals surface area contributed by atoms with Crippen LogP contribution in [0.3, 0.4) is 0 Å². The molecule has 2 atom stereocenters. The first kappa shape index (κ1) is 18.9. The van der Waals surface area contributed by atoms with Crippen LogP contribution in [0.5, 0.6) is 0 Å². The molecule has 0 saturated carbocycles. The molecule has 3 rings (SSSR count). The Morgan fingerprint density at radius 1 is 1.20 bits per heavy atom. The van der Waals surface area contributed by atoms with Crippen molar-refractivity contribution in [3.8, 4) is 0 Å². The largest absolute Gasteiger partial charge is 0.360 e. The van der Waals surface area contributed by atoms with E-state index in [0.29, 0.717) is 17.6 Å². The van der Waals surface area contributed by atoms with Gasteiger partial charge in [-0.05, 0) is 72.0 Å². The first-order valence-electron chi connectivity index (χ1n) is 9.62. The van der Waals surface area contributed by atoms with Gasteiger partial charge in [-0.15, -0.1) is 0 Å². The van der Waals surface area contributed by atoms with E-state index in [1.54, 1.807) is 0 Å². The predicted octanol–water partition coefficient (Wildman–Crippen LogP) is 0.630. The Hall–Kier alpha value is -0.920. The Morgan fingerprint density at radius 3 is 2.60 bits per heavy atom. The van der Waals surface area contributed by atoms with Gasteiger partial charge < -0.3 is 20.4 Å². The Morgan fingerprint density at radius 2 is 1.92 bits per heavy atom. The van der Waals surface area contributed by atoms with Gasteiger partial charge in [0.05, 0.1) is 0 Å². The third kappa shape index (κ3) is 4.44. The molecular weight excluding hydrogens is 334 g/mol. The zero-order chi connectivity index (χ0) is 18.0. The van der Waals surface area contributed by atoms with Crippen molar-refractivity contribution in [3.05, 3.63) is 0 Å². The van der Waals surface area contributed by atoms with E-state index >= 15 is 0 Å². The summed E-state index contributed by atoms with van der Waals surface area (Å²) in [5.41, 5.74) is 0.156. The summed E-state index contributed by atoms with van der Waals surface area (Å²) in [6.07, 6.45) is 4.85. The molecule has 0 unspecified atom stereocenters. The van der Waals surface area contributed by atoms with Gasteiger partial charge in [-0.1, -0.05) is 0 Å². The fourth-order valence-corrected chi connectivity index (χ4v) is 4.92. The number of hydrogen-bond donors (Lipinski definition) is 2. The second-order valence-electron chi connectivity index (χ2n) is 8.27. The Bertz CT molecular complexity index is 506. The molecule has 3 fully saturated rings. The summed E-state index contributed by atoms with van der Waals surface area (Å²) in [6, 6.07) is 0.493. The summed E-state index contributed by atoms with van der Waals surface area (Å²) >= 11 is 5.26. The maximum Gasteiger partial charge on any atom is 0.224 e. The molecule has 0 aromatic rings. The van der Waals surface area contributed by atoms with Gasteiger partial charge in [0.15, 0.2) is 5.11 Å². The predicted molar refractivity (Wildman–Crippen MR) is 105 cm³/mol. The molecule has 3 aliphatic rings. The summed E-state index contributed by atoms with van der Waals surface area (Å²) < 4.78 is 0. The number of nitrogens with one attached hydrogen (secondary N) is 2. The summed E-state index contributed by atoms with van der Waals surface area (Å²) in [6.45, 7) is 7.20. The van der Waals surface area contributed by atoms with Crippen molar-refractivity contribution in [2.24, 2.45) is 0 Å². The van der Waals surface area contributed by atoms with Crippen LogP contribution in [0.2, 0.25) is 0 Å². The monoisotopic (exact) mass is 367 g/mol. The fraction of sp³-hybridized carbons (Fsp3) is 0.889. The maximum absolute atomic E-state index is 13.0. The quantitative estimate of drug-likeness (QED) is 0.699. The molecule has 1 amide bonds. The number of carbonyl (C=O) groups excluding carboxylic acids is 1. The van der Waals surface area contributed by atoms with E-state index < -0.39 is 0 Å². The van der Waals surface area contributed by atoms with Gasteiger partial charge in [0.1, 0.15) is 0 Å². The molecule has 6 nitrogen and oxygen atoms in total. The first-order valence-corrected chi connectivity index (χ1v) is 10.0. The zero-order valence-corrected chi connectivity index (χ0v) is 16.7. The molecular formula is C18H33N5OS. The van der Waals surface area contributed by atoms with Gasteiger partial charge in [-0.2, -0.15) is 0 Å². The Balaban J connectivity index is 1.64. The lowest BCUT2D eigenvalue weighted by Crippen LogP contribution is -2.59. The smallest absolute Gasteiger partial charge is 0.224 e. The average Bonchev–Trinajstić information content (AvgIpc) is 2.70. The number of hydrogen-bond acceptors (Lipinski definition) is 4. The number of piperidine rings is 1. The molecule has 142 valence electrons. The van der Waals surface area contributed by atoms with Crippen LogP contribution in [-0.2, 0) is 4.79 Å². The van der Waals surface area contributed by atoms with Crippen LogP contribution < -0.4 is 10.6 Å². The lowest BCUT2D eigenvalue weighted by molar-refractivity contribution is -0.133. The first-order chi connectivity index (χ1) is 11.9. The normalized spacial score (nSPS) is 31.3. The molecule has 0 aromatic heterocycles. The molecule has 0 aromatic carbocycles. The van der Waals surface area contributed by atoms with Crippen molar-refractivity contribution in [2.75, 3.05) is 46.8 Å². The van der Waals surface area contributed by atoms with E-state index in [1.807, 2.05) is 0 Å². The van der Waals surface area contributed by atoms with Crippen LogP contribution in [0, 0.1) is 0 Å². The SMILES string of the molecule is C[C@@H]1C[C@@H](CC(=O)N2CCCN(C)C3(CCN(C)CC3)C2)NC(=S)N1. The third-order valence-electron chi connectivity index (χ3n) is 6.26. The van der Waals surface area contributed by atoms with E-state index in [-0.39, 0.29) is 17.5 Å². The lowest BCUT2D eigenvalue weighted by atomic mass is 9.85. The second-order valence-corrected chi connectivity index (χ2v) is 8.68. The second kappa shape index (κ2) is 7.76. The fourth-order valence-electron chi connectivity index (χ4n) is 4.55. The average molecular weight is 368 g/mol. The van der Waals surface area contributed by atoms with Crippen LogP contribution in [-0.4, -0.2) is 90.2 Å². The number of likely N-dealkylation sites (tertiary alicyclic amines) is 1. The summed E-state index contributed by atoms with van der Waals surface area (Å²) in [7, 11) is 4.44. The van der Waals surface area contributed by atoms with Gasteiger partial charge >= 0.3 is 0 Å². The summed E-state index contributed by atoms with van der Waals surface area (Å²) in [5, 5.41) is 7.17. The number of carbonyl (C=O) groups is 1. The topological polar surface area (TPSA) is 50.9 Å². The van der Waals surface area contributed by atoms with Crippen LogP contribution in [0.15, 0.2) is 0 Å². The molecule has 0 bridgehead atoms. The molecule has 3 heterocycles.